The third-order valence-corrected chi connectivity index (χ3v) is 4.32. The monoisotopic (exact) mass is 294 g/mol. The van der Waals surface area contributed by atoms with E-state index in [2.05, 4.69) is 0 Å². The van der Waals surface area contributed by atoms with Gasteiger partial charge in [-0.25, -0.2) is 0 Å². The molecule has 1 N–H and O–H groups in total. The van der Waals surface area contributed by atoms with E-state index in [1.54, 1.807) is 14.2 Å². The van der Waals surface area contributed by atoms with E-state index in [0.29, 0.717) is 18.1 Å². The predicted molar refractivity (Wildman–Crippen MR) is 81.9 cm³/mol. The predicted octanol–water partition coefficient (Wildman–Crippen LogP) is 3.48. The topological polar surface area (TPSA) is 47.9 Å². The van der Waals surface area contributed by atoms with E-state index in [4.69, 9.17) is 14.2 Å². The van der Waals surface area contributed by atoms with Crippen molar-refractivity contribution in [1.82, 2.24) is 0 Å². The molecule has 1 unspecified atom stereocenters. The van der Waals surface area contributed by atoms with Crippen LogP contribution in [0.25, 0.3) is 0 Å². The Morgan fingerprint density at radius 3 is 2.10 bits per heavy atom. The maximum absolute atomic E-state index is 10.9. The largest absolute Gasteiger partial charge is 0.497 e. The third kappa shape index (κ3) is 3.50. The highest BCUT2D eigenvalue weighted by atomic mass is 16.5. The molecule has 1 fully saturated rings. The first-order valence-electron chi connectivity index (χ1n) is 7.70. The molecule has 0 radical (unpaired) electrons. The highest BCUT2D eigenvalue weighted by Gasteiger charge is 2.40. The maximum atomic E-state index is 10.9. The molecule has 0 amide bonds. The Hall–Kier alpha value is -1.26. The number of hydrogen-bond acceptors (Lipinski definition) is 4. The summed E-state index contributed by atoms with van der Waals surface area (Å²) >= 11 is 0. The molecule has 1 atom stereocenters. The van der Waals surface area contributed by atoms with E-state index in [-0.39, 0.29) is 0 Å². The second kappa shape index (κ2) is 7.14. The van der Waals surface area contributed by atoms with Gasteiger partial charge in [0.25, 0.3) is 0 Å². The fourth-order valence-electron chi connectivity index (χ4n) is 3.23. The Balaban J connectivity index is 2.33. The van der Waals surface area contributed by atoms with Crippen LogP contribution in [0.4, 0.5) is 0 Å². The molecule has 1 aliphatic carbocycles. The van der Waals surface area contributed by atoms with Crippen LogP contribution in [-0.4, -0.2) is 31.5 Å². The molecule has 2 rings (SSSR count). The van der Waals surface area contributed by atoms with Crippen LogP contribution in [-0.2, 0) is 4.74 Å². The van der Waals surface area contributed by atoms with Crippen LogP contribution in [0.5, 0.6) is 11.5 Å². The Morgan fingerprint density at radius 1 is 1.05 bits per heavy atom. The lowest BCUT2D eigenvalue weighted by Crippen LogP contribution is -2.41. The number of aliphatic hydroxyl groups excluding tert-OH is 1. The molecule has 1 aliphatic rings. The first-order chi connectivity index (χ1) is 10.1. The number of benzene rings is 1. The van der Waals surface area contributed by atoms with Crippen molar-refractivity contribution in [2.24, 2.45) is 0 Å². The molecule has 0 aliphatic heterocycles. The van der Waals surface area contributed by atoms with Crippen LogP contribution in [0.3, 0.4) is 0 Å². The second-order valence-corrected chi connectivity index (χ2v) is 5.61. The molecule has 4 heteroatoms. The number of hydrogen-bond donors (Lipinski definition) is 1. The van der Waals surface area contributed by atoms with Crippen LogP contribution >= 0.6 is 0 Å². The standard InChI is InChI=1S/C17H26O4/c1-4-21-17(8-6-5-7-9-17)16(18)13-10-14(19-2)12-15(11-13)20-3/h10-12,16,18H,4-9H2,1-3H3. The van der Waals surface area contributed by atoms with Gasteiger partial charge in [0, 0.05) is 12.7 Å². The number of aliphatic hydroxyl groups is 1. The van der Waals surface area contributed by atoms with Gasteiger partial charge in [-0.05, 0) is 37.5 Å². The average Bonchev–Trinajstić information content (AvgIpc) is 2.54. The van der Waals surface area contributed by atoms with Gasteiger partial charge < -0.3 is 19.3 Å². The summed E-state index contributed by atoms with van der Waals surface area (Å²) in [4.78, 5) is 0. The summed E-state index contributed by atoms with van der Waals surface area (Å²) < 4.78 is 16.6. The van der Waals surface area contributed by atoms with Crippen LogP contribution in [0.2, 0.25) is 0 Å². The second-order valence-electron chi connectivity index (χ2n) is 5.61. The van der Waals surface area contributed by atoms with Gasteiger partial charge in [-0.2, -0.15) is 0 Å². The van der Waals surface area contributed by atoms with Crippen LogP contribution in [0, 0.1) is 0 Å². The Morgan fingerprint density at radius 2 is 1.62 bits per heavy atom. The summed E-state index contributed by atoms with van der Waals surface area (Å²) in [5.41, 5.74) is 0.311. The van der Waals surface area contributed by atoms with E-state index < -0.39 is 11.7 Å². The zero-order valence-electron chi connectivity index (χ0n) is 13.2. The molecule has 4 nitrogen and oxygen atoms in total. The SMILES string of the molecule is CCOC1(C(O)c2cc(OC)cc(OC)c2)CCCCC1. The molecule has 21 heavy (non-hydrogen) atoms. The summed E-state index contributed by atoms with van der Waals surface area (Å²) in [6, 6.07) is 5.54. The van der Waals surface area contributed by atoms with E-state index in [0.717, 1.165) is 31.2 Å². The van der Waals surface area contributed by atoms with Crippen LogP contribution in [0.15, 0.2) is 18.2 Å². The molecule has 0 saturated heterocycles. The summed E-state index contributed by atoms with van der Waals surface area (Å²) in [6.07, 6.45) is 4.52. The van der Waals surface area contributed by atoms with Crippen molar-refractivity contribution >= 4 is 0 Å². The van der Waals surface area contributed by atoms with Crippen molar-refractivity contribution in [3.05, 3.63) is 23.8 Å². The Bertz CT molecular complexity index is 424. The quantitative estimate of drug-likeness (QED) is 0.872. The lowest BCUT2D eigenvalue weighted by atomic mass is 9.78. The van der Waals surface area contributed by atoms with Crippen molar-refractivity contribution in [2.75, 3.05) is 20.8 Å². The van der Waals surface area contributed by atoms with Gasteiger partial charge in [0.05, 0.1) is 19.8 Å². The summed E-state index contributed by atoms with van der Waals surface area (Å²) in [5.74, 6) is 1.37. The Kier molecular flexibility index (Phi) is 5.48. The first kappa shape index (κ1) is 16.1. The van der Waals surface area contributed by atoms with Gasteiger partial charge in [0.15, 0.2) is 0 Å². The molecule has 0 heterocycles. The molecular weight excluding hydrogens is 268 g/mol. The maximum Gasteiger partial charge on any atom is 0.122 e. The molecule has 1 saturated carbocycles. The zero-order valence-corrected chi connectivity index (χ0v) is 13.2. The van der Waals surface area contributed by atoms with Gasteiger partial charge in [-0.3, -0.25) is 0 Å². The van der Waals surface area contributed by atoms with Gasteiger partial charge in [0.1, 0.15) is 17.6 Å². The number of methoxy groups -OCH3 is 2. The van der Waals surface area contributed by atoms with Gasteiger partial charge in [0.2, 0.25) is 0 Å². The highest BCUT2D eigenvalue weighted by molar-refractivity contribution is 5.40. The van der Waals surface area contributed by atoms with Gasteiger partial charge >= 0.3 is 0 Å². The molecule has 0 spiro atoms. The van der Waals surface area contributed by atoms with Gasteiger partial charge in [-0.15, -0.1) is 0 Å². The van der Waals surface area contributed by atoms with Crippen molar-refractivity contribution in [2.45, 2.75) is 50.7 Å². The lowest BCUT2D eigenvalue weighted by Gasteiger charge is -2.41. The van der Waals surface area contributed by atoms with E-state index in [9.17, 15) is 5.11 Å². The summed E-state index contributed by atoms with van der Waals surface area (Å²) in [6.45, 7) is 2.59. The molecule has 1 aromatic rings. The first-order valence-corrected chi connectivity index (χ1v) is 7.70. The molecule has 118 valence electrons. The minimum Gasteiger partial charge on any atom is -0.497 e. The van der Waals surface area contributed by atoms with Crippen LogP contribution < -0.4 is 9.47 Å². The minimum absolute atomic E-state index is 0.482. The smallest absolute Gasteiger partial charge is 0.122 e. The zero-order chi connectivity index (χ0) is 15.3. The fourth-order valence-corrected chi connectivity index (χ4v) is 3.23. The van der Waals surface area contributed by atoms with Crippen molar-refractivity contribution in [3.8, 4) is 11.5 Å². The van der Waals surface area contributed by atoms with Crippen molar-refractivity contribution < 1.29 is 19.3 Å². The van der Waals surface area contributed by atoms with E-state index >= 15 is 0 Å². The molecule has 0 bridgehead atoms. The third-order valence-electron chi connectivity index (χ3n) is 4.32. The van der Waals surface area contributed by atoms with Crippen molar-refractivity contribution in [1.29, 1.82) is 0 Å². The van der Waals surface area contributed by atoms with Gasteiger partial charge in [-0.1, -0.05) is 19.3 Å². The van der Waals surface area contributed by atoms with Crippen molar-refractivity contribution in [3.63, 3.8) is 0 Å². The average molecular weight is 294 g/mol. The molecular formula is C17H26O4. The number of rotatable bonds is 6. The molecule has 1 aromatic carbocycles. The van der Waals surface area contributed by atoms with E-state index in [1.165, 1.54) is 6.42 Å². The van der Waals surface area contributed by atoms with E-state index in [1.807, 2.05) is 25.1 Å². The highest BCUT2D eigenvalue weighted by Crippen LogP contribution is 2.42. The molecule has 0 aromatic heterocycles. The normalized spacial score (nSPS) is 19.0. The summed E-state index contributed by atoms with van der Waals surface area (Å²) in [5, 5.41) is 10.9. The fraction of sp³-hybridized carbons (Fsp3) is 0.647. The Labute approximate surface area is 127 Å². The minimum atomic E-state index is -0.665. The summed E-state index contributed by atoms with van der Waals surface area (Å²) in [7, 11) is 3.23. The lowest BCUT2D eigenvalue weighted by molar-refractivity contribution is -0.141. The number of ether oxygens (including phenoxy) is 3. The van der Waals surface area contributed by atoms with Crippen LogP contribution in [0.1, 0.15) is 50.7 Å².